The van der Waals surface area contributed by atoms with Gasteiger partial charge in [-0.05, 0) is 33.7 Å². The first-order valence-electron chi connectivity index (χ1n) is 3.51. The highest BCUT2D eigenvalue weighted by atomic mass is 32.2. The van der Waals surface area contributed by atoms with Crippen molar-refractivity contribution in [3.05, 3.63) is 29.0 Å². The van der Waals surface area contributed by atoms with Gasteiger partial charge in [-0.1, -0.05) is 6.07 Å². The van der Waals surface area contributed by atoms with Gasteiger partial charge >= 0.3 is 0 Å². The number of rotatable bonds is 1. The Bertz CT molecular complexity index is 539. The third-order valence-electron chi connectivity index (χ3n) is 1.75. The van der Waals surface area contributed by atoms with Gasteiger partial charge in [-0.15, -0.1) is 0 Å². The maximum absolute atomic E-state index is 10.8. The monoisotopic (exact) mass is 214 g/mol. The highest BCUT2D eigenvalue weighted by molar-refractivity contribution is 7.85. The predicted molar refractivity (Wildman–Crippen MR) is 51.6 cm³/mol. The van der Waals surface area contributed by atoms with Crippen molar-refractivity contribution < 1.29 is 13.0 Å². The molecular weight excluding hydrogens is 208 g/mol. The summed E-state index contributed by atoms with van der Waals surface area (Å²) in [5.41, 5.74) is 0. The Morgan fingerprint density at radius 3 is 2.54 bits per heavy atom. The van der Waals surface area contributed by atoms with E-state index in [9.17, 15) is 8.42 Å². The van der Waals surface area contributed by atoms with Crippen LogP contribution in [0.5, 0.6) is 0 Å². The minimum Gasteiger partial charge on any atom is -0.282 e. The Labute approximate surface area is 79.4 Å². The van der Waals surface area contributed by atoms with E-state index in [2.05, 4.69) is 0 Å². The zero-order chi connectivity index (χ0) is 9.47. The number of fused-ring (bicyclic) bond motifs is 1. The summed E-state index contributed by atoms with van der Waals surface area (Å²) in [6.45, 7) is 0. The van der Waals surface area contributed by atoms with Crippen LogP contribution in [0, 0.1) is 0 Å². The Morgan fingerprint density at radius 1 is 1.15 bits per heavy atom. The van der Waals surface area contributed by atoms with E-state index in [0.717, 1.165) is 10.8 Å². The van der Waals surface area contributed by atoms with E-state index in [1.807, 2.05) is 10.8 Å². The summed E-state index contributed by atoms with van der Waals surface area (Å²) < 4.78 is 30.3. The first-order valence-corrected chi connectivity index (χ1v) is 5.89. The summed E-state index contributed by atoms with van der Waals surface area (Å²) >= 11 is 1.50. The summed E-state index contributed by atoms with van der Waals surface area (Å²) in [4.78, 5) is -0.0570. The molecular formula is C8H6O3S2. The average Bonchev–Trinajstić information content (AvgIpc) is 2.47. The molecule has 3 nitrogen and oxygen atoms in total. The summed E-state index contributed by atoms with van der Waals surface area (Å²) in [5, 5.41) is 5.57. The Kier molecular flexibility index (Phi) is 1.87. The van der Waals surface area contributed by atoms with Crippen LogP contribution in [0.1, 0.15) is 0 Å². The van der Waals surface area contributed by atoms with Crippen LogP contribution < -0.4 is 0 Å². The topological polar surface area (TPSA) is 54.4 Å². The largest absolute Gasteiger partial charge is 0.294 e. The quantitative estimate of drug-likeness (QED) is 0.740. The fraction of sp³-hybridized carbons (Fsp3) is 0. The third-order valence-corrected chi connectivity index (χ3v) is 3.38. The lowest BCUT2D eigenvalue weighted by molar-refractivity contribution is 0.483. The van der Waals surface area contributed by atoms with Gasteiger partial charge in [0.15, 0.2) is 0 Å². The molecule has 0 saturated heterocycles. The van der Waals surface area contributed by atoms with E-state index < -0.39 is 10.1 Å². The second kappa shape index (κ2) is 2.80. The maximum Gasteiger partial charge on any atom is 0.294 e. The Morgan fingerprint density at radius 2 is 1.85 bits per heavy atom. The average molecular weight is 214 g/mol. The molecule has 0 atom stereocenters. The van der Waals surface area contributed by atoms with Crippen molar-refractivity contribution >= 4 is 32.2 Å². The van der Waals surface area contributed by atoms with Crippen molar-refractivity contribution in [3.8, 4) is 0 Å². The van der Waals surface area contributed by atoms with Crippen LogP contribution in [0.3, 0.4) is 0 Å². The van der Waals surface area contributed by atoms with Crippen molar-refractivity contribution in [2.45, 2.75) is 4.90 Å². The molecule has 0 radical (unpaired) electrons. The van der Waals surface area contributed by atoms with Crippen LogP contribution in [-0.2, 0) is 10.1 Å². The van der Waals surface area contributed by atoms with E-state index in [4.69, 9.17) is 4.55 Å². The number of thiophene rings is 1. The standard InChI is InChI=1S/C8H6O3S2/c9-13(10,11)8-2-1-6-4-12-5-7(6)3-8/h1-5H,(H,9,10,11). The van der Waals surface area contributed by atoms with Crippen LogP contribution in [0.2, 0.25) is 0 Å². The van der Waals surface area contributed by atoms with Crippen molar-refractivity contribution in [1.82, 2.24) is 0 Å². The lowest BCUT2D eigenvalue weighted by Gasteiger charge is -1.95. The smallest absolute Gasteiger partial charge is 0.282 e. The van der Waals surface area contributed by atoms with Gasteiger partial charge in [0, 0.05) is 0 Å². The van der Waals surface area contributed by atoms with Crippen molar-refractivity contribution in [1.29, 1.82) is 0 Å². The van der Waals surface area contributed by atoms with Crippen molar-refractivity contribution in [2.75, 3.05) is 0 Å². The van der Waals surface area contributed by atoms with Crippen LogP contribution in [0.15, 0.2) is 33.9 Å². The molecule has 1 aromatic heterocycles. The van der Waals surface area contributed by atoms with Gasteiger partial charge in [0.25, 0.3) is 10.1 Å². The van der Waals surface area contributed by atoms with E-state index in [1.165, 1.54) is 23.5 Å². The second-order valence-corrected chi connectivity index (χ2v) is 4.80. The van der Waals surface area contributed by atoms with Gasteiger partial charge < -0.3 is 0 Å². The molecule has 0 bridgehead atoms. The second-order valence-electron chi connectivity index (χ2n) is 2.64. The van der Waals surface area contributed by atoms with Crippen LogP contribution in [-0.4, -0.2) is 13.0 Å². The fourth-order valence-corrected chi connectivity index (χ4v) is 2.40. The molecule has 2 aromatic rings. The number of hydrogen-bond acceptors (Lipinski definition) is 3. The molecule has 2 rings (SSSR count). The first kappa shape index (κ1) is 8.68. The predicted octanol–water partition coefficient (Wildman–Crippen LogP) is 2.15. The van der Waals surface area contributed by atoms with Crippen molar-refractivity contribution in [3.63, 3.8) is 0 Å². The van der Waals surface area contributed by atoms with E-state index in [1.54, 1.807) is 6.07 Å². The molecule has 5 heteroatoms. The maximum atomic E-state index is 10.8. The highest BCUT2D eigenvalue weighted by Gasteiger charge is 2.09. The highest BCUT2D eigenvalue weighted by Crippen LogP contribution is 2.22. The summed E-state index contributed by atoms with van der Waals surface area (Å²) in [7, 11) is -4.07. The van der Waals surface area contributed by atoms with Crippen molar-refractivity contribution in [2.24, 2.45) is 0 Å². The lowest BCUT2D eigenvalue weighted by Crippen LogP contribution is -1.96. The molecule has 1 aromatic carbocycles. The fourth-order valence-electron chi connectivity index (χ4n) is 1.10. The van der Waals surface area contributed by atoms with Gasteiger partial charge in [-0.25, -0.2) is 0 Å². The molecule has 0 saturated carbocycles. The summed E-state index contributed by atoms with van der Waals surface area (Å²) in [6, 6.07) is 4.53. The molecule has 0 fully saturated rings. The Balaban J connectivity index is 2.75. The lowest BCUT2D eigenvalue weighted by atomic mass is 10.2. The normalized spacial score (nSPS) is 12.1. The van der Waals surface area contributed by atoms with Crippen LogP contribution in [0.4, 0.5) is 0 Å². The molecule has 0 aliphatic rings. The molecule has 0 aliphatic heterocycles. The number of hydrogen-bond donors (Lipinski definition) is 1. The molecule has 68 valence electrons. The zero-order valence-corrected chi connectivity index (χ0v) is 8.10. The SMILES string of the molecule is O=S(=O)(O)c1ccc2cscc2c1. The molecule has 0 amide bonds. The molecule has 13 heavy (non-hydrogen) atoms. The summed E-state index contributed by atoms with van der Waals surface area (Å²) in [6.07, 6.45) is 0. The van der Waals surface area contributed by atoms with Gasteiger partial charge in [-0.2, -0.15) is 19.8 Å². The molecule has 0 unspecified atom stereocenters. The number of benzene rings is 1. The van der Waals surface area contributed by atoms with E-state index in [0.29, 0.717) is 0 Å². The van der Waals surface area contributed by atoms with E-state index in [-0.39, 0.29) is 4.90 Å². The minimum absolute atomic E-state index is 0.0570. The first-order chi connectivity index (χ1) is 6.07. The van der Waals surface area contributed by atoms with Gasteiger partial charge in [0.05, 0.1) is 4.90 Å². The van der Waals surface area contributed by atoms with Crippen LogP contribution >= 0.6 is 11.3 Å². The van der Waals surface area contributed by atoms with Gasteiger partial charge in [0.2, 0.25) is 0 Å². The third kappa shape index (κ3) is 1.58. The zero-order valence-electron chi connectivity index (χ0n) is 6.47. The summed E-state index contributed by atoms with van der Waals surface area (Å²) in [5.74, 6) is 0. The van der Waals surface area contributed by atoms with E-state index >= 15 is 0 Å². The minimum atomic E-state index is -4.07. The molecule has 1 heterocycles. The van der Waals surface area contributed by atoms with Crippen LogP contribution in [0.25, 0.3) is 10.8 Å². The molecule has 1 N–H and O–H groups in total. The Hall–Kier alpha value is -0.910. The van der Waals surface area contributed by atoms with Gasteiger partial charge in [0.1, 0.15) is 0 Å². The molecule has 0 aliphatic carbocycles. The van der Waals surface area contributed by atoms with Gasteiger partial charge in [-0.3, -0.25) is 4.55 Å². The molecule has 0 spiro atoms.